The maximum Gasteiger partial charge on any atom is 0.168 e. The van der Waals surface area contributed by atoms with Crippen LogP contribution in [0.15, 0.2) is 237 Å². The van der Waals surface area contributed by atoms with Crippen LogP contribution in [0.4, 0.5) is 0 Å². The molecule has 0 saturated carbocycles. The Bertz CT molecular complexity index is 3910. The molecule has 0 unspecified atom stereocenters. The second-order valence-electron chi connectivity index (χ2n) is 17.0. The molecule has 0 bridgehead atoms. The van der Waals surface area contributed by atoms with Gasteiger partial charge in [0, 0.05) is 16.8 Å². The number of rotatable bonds is 6. The van der Waals surface area contributed by atoms with E-state index in [2.05, 4.69) is 241 Å². The molecule has 0 radical (unpaired) electrons. The lowest BCUT2D eigenvalue weighted by atomic mass is 9.84. The molecule has 3 nitrogen and oxygen atoms in total. The smallest absolute Gasteiger partial charge is 0.168 e. The summed E-state index contributed by atoms with van der Waals surface area (Å²) in [5, 5.41) is 24.4. The number of benzene rings is 12. The Kier molecular flexibility index (Phi) is 8.53. The number of hydrogen-bond acceptors (Lipinski definition) is 2. The SMILES string of the molecule is c1ccc2cc(-c3c4ccccc4c(-c4ccc5ccccc5c4)c4cc(-c5ccc(-n6c(-c7ccc8ccccc8c7)nnc6-c6ccc7ccccc7c6)cc5)ccc34)ccc2c1. The van der Waals surface area contributed by atoms with Crippen molar-refractivity contribution in [3.63, 3.8) is 0 Å². The zero-order chi connectivity index (χ0) is 42.8. The Hall–Kier alpha value is -8.66. The summed E-state index contributed by atoms with van der Waals surface area (Å²) in [7, 11) is 0. The van der Waals surface area contributed by atoms with Gasteiger partial charge in [-0.1, -0.05) is 194 Å². The number of hydrogen-bond donors (Lipinski definition) is 0. The maximum atomic E-state index is 4.89. The van der Waals surface area contributed by atoms with Crippen molar-refractivity contribution in [1.29, 1.82) is 0 Å². The summed E-state index contributed by atoms with van der Waals surface area (Å²) >= 11 is 0. The Labute approximate surface area is 376 Å². The van der Waals surface area contributed by atoms with Crippen LogP contribution in [-0.2, 0) is 0 Å². The van der Waals surface area contributed by atoms with Crippen molar-refractivity contribution < 1.29 is 0 Å². The van der Waals surface area contributed by atoms with Crippen LogP contribution in [0.25, 0.3) is 126 Å². The van der Waals surface area contributed by atoms with E-state index in [0.717, 1.165) is 50.4 Å². The fourth-order valence-corrected chi connectivity index (χ4v) is 10.0. The van der Waals surface area contributed by atoms with Crippen LogP contribution in [0, 0.1) is 0 Å². The summed E-state index contributed by atoms with van der Waals surface area (Å²) in [6, 6.07) is 86.0. The highest BCUT2D eigenvalue weighted by molar-refractivity contribution is 6.22. The highest BCUT2D eigenvalue weighted by Gasteiger charge is 2.21. The van der Waals surface area contributed by atoms with Gasteiger partial charge in [-0.15, -0.1) is 10.2 Å². The van der Waals surface area contributed by atoms with Crippen molar-refractivity contribution in [1.82, 2.24) is 14.8 Å². The average Bonchev–Trinajstić information content (AvgIpc) is 3.83. The third kappa shape index (κ3) is 6.28. The van der Waals surface area contributed by atoms with Crippen LogP contribution in [0.1, 0.15) is 0 Å². The van der Waals surface area contributed by atoms with E-state index in [0.29, 0.717) is 0 Å². The van der Waals surface area contributed by atoms with Crippen LogP contribution in [-0.4, -0.2) is 14.8 Å². The molecule has 65 heavy (non-hydrogen) atoms. The van der Waals surface area contributed by atoms with Crippen LogP contribution < -0.4 is 0 Å². The molecule has 0 aliphatic rings. The predicted octanol–water partition coefficient (Wildman–Crippen LogP) is 16.5. The fourth-order valence-electron chi connectivity index (χ4n) is 10.0. The quantitative estimate of drug-likeness (QED) is 0.156. The van der Waals surface area contributed by atoms with Crippen LogP contribution in [0.2, 0.25) is 0 Å². The van der Waals surface area contributed by atoms with E-state index in [1.807, 2.05) is 0 Å². The summed E-state index contributed by atoms with van der Waals surface area (Å²) in [5.41, 5.74) is 10.2. The van der Waals surface area contributed by atoms with Gasteiger partial charge in [0.15, 0.2) is 11.6 Å². The van der Waals surface area contributed by atoms with E-state index < -0.39 is 0 Å². The predicted molar refractivity (Wildman–Crippen MR) is 274 cm³/mol. The first kappa shape index (κ1) is 36.9. The zero-order valence-electron chi connectivity index (χ0n) is 35.4. The minimum absolute atomic E-state index is 0.797. The van der Waals surface area contributed by atoms with E-state index in [-0.39, 0.29) is 0 Å². The third-order valence-electron chi connectivity index (χ3n) is 13.2. The monoisotopic (exact) mass is 825 g/mol. The first-order valence-electron chi connectivity index (χ1n) is 22.2. The average molecular weight is 826 g/mol. The number of aromatic nitrogens is 3. The molecule has 0 amide bonds. The summed E-state index contributed by atoms with van der Waals surface area (Å²) in [6.07, 6.45) is 0. The molecule has 1 aromatic heterocycles. The summed E-state index contributed by atoms with van der Waals surface area (Å²) in [5.74, 6) is 1.59. The minimum Gasteiger partial charge on any atom is -0.275 e. The minimum atomic E-state index is 0.797. The Morgan fingerprint density at radius 3 is 1.03 bits per heavy atom. The molecule has 0 fully saturated rings. The van der Waals surface area contributed by atoms with Crippen molar-refractivity contribution in [2.45, 2.75) is 0 Å². The van der Waals surface area contributed by atoms with E-state index in [1.54, 1.807) is 0 Å². The van der Waals surface area contributed by atoms with Crippen molar-refractivity contribution >= 4 is 64.6 Å². The number of fused-ring (bicyclic) bond motifs is 6. The molecular formula is C62H39N3. The largest absolute Gasteiger partial charge is 0.275 e. The van der Waals surface area contributed by atoms with E-state index in [1.165, 1.54) is 76.1 Å². The third-order valence-corrected chi connectivity index (χ3v) is 13.2. The van der Waals surface area contributed by atoms with E-state index >= 15 is 0 Å². The van der Waals surface area contributed by atoms with Crippen molar-refractivity contribution in [3.8, 4) is 61.8 Å². The molecule has 0 saturated heterocycles. The van der Waals surface area contributed by atoms with Gasteiger partial charge in [-0.3, -0.25) is 4.57 Å². The van der Waals surface area contributed by atoms with Gasteiger partial charge >= 0.3 is 0 Å². The van der Waals surface area contributed by atoms with Gasteiger partial charge < -0.3 is 0 Å². The maximum absolute atomic E-state index is 4.89. The molecular weight excluding hydrogens is 787 g/mol. The molecule has 12 aromatic carbocycles. The molecule has 0 spiro atoms. The Morgan fingerprint density at radius 1 is 0.231 bits per heavy atom. The lowest BCUT2D eigenvalue weighted by Crippen LogP contribution is -2.00. The summed E-state index contributed by atoms with van der Waals surface area (Å²) in [4.78, 5) is 0. The van der Waals surface area contributed by atoms with Gasteiger partial charge in [0.2, 0.25) is 0 Å². The van der Waals surface area contributed by atoms with Gasteiger partial charge in [-0.2, -0.15) is 0 Å². The fraction of sp³-hybridized carbons (Fsp3) is 0. The van der Waals surface area contributed by atoms with Gasteiger partial charge in [0.1, 0.15) is 0 Å². The van der Waals surface area contributed by atoms with Gasteiger partial charge in [-0.25, -0.2) is 0 Å². The Morgan fingerprint density at radius 2 is 0.569 bits per heavy atom. The van der Waals surface area contributed by atoms with E-state index in [9.17, 15) is 0 Å². The molecule has 0 N–H and O–H groups in total. The van der Waals surface area contributed by atoms with E-state index in [4.69, 9.17) is 10.2 Å². The summed E-state index contributed by atoms with van der Waals surface area (Å²) in [6.45, 7) is 0. The van der Waals surface area contributed by atoms with Crippen molar-refractivity contribution in [3.05, 3.63) is 237 Å². The Balaban J connectivity index is 0.999. The molecule has 0 aliphatic carbocycles. The second-order valence-corrected chi connectivity index (χ2v) is 17.0. The topological polar surface area (TPSA) is 30.7 Å². The van der Waals surface area contributed by atoms with Gasteiger partial charge in [0.05, 0.1) is 0 Å². The van der Waals surface area contributed by atoms with Gasteiger partial charge in [-0.05, 0) is 140 Å². The standard InChI is InChI=1S/C62H39N3/c1-5-15-45-35-50(25-21-40(45)11-1)59-55-19-9-10-20-56(55)60(51-26-22-41-12-2-6-16-46(41)36-51)58-39-49(31-34-57(58)59)44-29-32-54(33-30-44)65-61(52-27-23-42-13-3-7-17-47(42)37-52)63-64-62(65)53-28-24-43-14-4-8-18-48(43)38-53/h1-39H. The van der Waals surface area contributed by atoms with Crippen LogP contribution >= 0.6 is 0 Å². The molecule has 0 atom stereocenters. The lowest BCUT2D eigenvalue weighted by molar-refractivity contribution is 1.07. The van der Waals surface area contributed by atoms with Gasteiger partial charge in [0.25, 0.3) is 0 Å². The second kappa shape index (κ2) is 15.0. The highest BCUT2D eigenvalue weighted by Crippen LogP contribution is 2.46. The first-order valence-corrected chi connectivity index (χ1v) is 22.2. The lowest BCUT2D eigenvalue weighted by Gasteiger charge is -2.19. The molecule has 3 heteroatoms. The van der Waals surface area contributed by atoms with Crippen LogP contribution in [0.5, 0.6) is 0 Å². The normalized spacial score (nSPS) is 11.7. The van der Waals surface area contributed by atoms with Crippen molar-refractivity contribution in [2.24, 2.45) is 0 Å². The van der Waals surface area contributed by atoms with Crippen molar-refractivity contribution in [2.75, 3.05) is 0 Å². The summed E-state index contributed by atoms with van der Waals surface area (Å²) < 4.78 is 2.21. The number of nitrogens with zero attached hydrogens (tertiary/aromatic N) is 3. The zero-order valence-corrected chi connectivity index (χ0v) is 35.4. The van der Waals surface area contributed by atoms with Crippen LogP contribution in [0.3, 0.4) is 0 Å². The molecule has 13 aromatic rings. The molecule has 0 aliphatic heterocycles. The molecule has 302 valence electrons. The molecule has 1 heterocycles. The highest BCUT2D eigenvalue weighted by atomic mass is 15.3. The first-order chi connectivity index (χ1) is 32.2. The molecule has 13 rings (SSSR count).